The highest BCUT2D eigenvalue weighted by molar-refractivity contribution is 9.11. The predicted octanol–water partition coefficient (Wildman–Crippen LogP) is 4.88. The lowest BCUT2D eigenvalue weighted by Gasteiger charge is -2.12. The van der Waals surface area contributed by atoms with Crippen molar-refractivity contribution >= 4 is 43.6 Å². The van der Waals surface area contributed by atoms with Crippen molar-refractivity contribution < 1.29 is 4.74 Å². The number of thioether (sulfide) groups is 1. The second kappa shape index (κ2) is 6.61. The van der Waals surface area contributed by atoms with Crippen molar-refractivity contribution in [2.24, 2.45) is 0 Å². The molecule has 0 unspecified atom stereocenters. The van der Waals surface area contributed by atoms with Gasteiger partial charge < -0.3 is 4.74 Å². The van der Waals surface area contributed by atoms with Crippen LogP contribution in [0, 0.1) is 11.3 Å². The van der Waals surface area contributed by atoms with Gasteiger partial charge in [-0.3, -0.25) is 0 Å². The Morgan fingerprint density at radius 2 is 1.90 bits per heavy atom. The quantitative estimate of drug-likeness (QED) is 0.531. The average molecular weight is 414 g/mol. The number of hydrogen-bond donors (Lipinski definition) is 0. The number of aromatic nitrogens is 1. The summed E-state index contributed by atoms with van der Waals surface area (Å²) in [5, 5.41) is 10.2. The molecule has 0 saturated carbocycles. The third kappa shape index (κ3) is 2.85. The van der Waals surface area contributed by atoms with Gasteiger partial charge in [-0.25, -0.2) is 4.98 Å². The summed E-state index contributed by atoms with van der Waals surface area (Å²) < 4.78 is 6.54. The van der Waals surface area contributed by atoms with Crippen molar-refractivity contribution in [3.8, 4) is 22.9 Å². The molecule has 0 saturated heterocycles. The molecule has 0 atom stereocenters. The molecule has 20 heavy (non-hydrogen) atoms. The van der Waals surface area contributed by atoms with Crippen molar-refractivity contribution in [1.29, 1.82) is 5.26 Å². The summed E-state index contributed by atoms with van der Waals surface area (Å²) in [5.41, 5.74) is 2.29. The Hall–Kier alpha value is -1.03. The van der Waals surface area contributed by atoms with Crippen LogP contribution in [0.4, 0.5) is 0 Å². The van der Waals surface area contributed by atoms with Crippen LogP contribution in [0.5, 0.6) is 5.75 Å². The van der Waals surface area contributed by atoms with Crippen LogP contribution in [-0.4, -0.2) is 18.3 Å². The summed E-state index contributed by atoms with van der Waals surface area (Å²) in [6.07, 6.45) is 1.95. The number of benzene rings is 1. The van der Waals surface area contributed by atoms with Crippen LogP contribution in [0.1, 0.15) is 5.56 Å². The van der Waals surface area contributed by atoms with Crippen molar-refractivity contribution in [2.45, 2.75) is 5.03 Å². The fourth-order valence-electron chi connectivity index (χ4n) is 1.78. The van der Waals surface area contributed by atoms with E-state index in [0.717, 1.165) is 26.4 Å². The van der Waals surface area contributed by atoms with E-state index in [4.69, 9.17) is 4.74 Å². The van der Waals surface area contributed by atoms with Gasteiger partial charge in [-0.1, -0.05) is 12.1 Å². The lowest BCUT2D eigenvalue weighted by atomic mass is 10.0. The van der Waals surface area contributed by atoms with E-state index in [1.807, 2.05) is 30.5 Å². The Bertz CT molecular complexity index is 680. The first-order valence-electron chi connectivity index (χ1n) is 5.59. The van der Waals surface area contributed by atoms with Gasteiger partial charge in [0.2, 0.25) is 0 Å². The largest absolute Gasteiger partial charge is 0.497 e. The second-order valence-electron chi connectivity index (χ2n) is 3.82. The van der Waals surface area contributed by atoms with E-state index in [1.165, 1.54) is 11.8 Å². The topological polar surface area (TPSA) is 45.9 Å². The number of nitriles is 1. The Balaban J connectivity index is 2.70. The van der Waals surface area contributed by atoms with Gasteiger partial charge in [0.1, 0.15) is 21.4 Å². The zero-order chi connectivity index (χ0) is 14.7. The zero-order valence-corrected chi connectivity index (χ0v) is 14.8. The molecule has 0 spiro atoms. The second-order valence-corrected chi connectivity index (χ2v) is 6.16. The molecule has 0 bridgehead atoms. The first-order chi connectivity index (χ1) is 9.62. The molecule has 0 aliphatic heterocycles. The Labute approximate surface area is 138 Å². The van der Waals surface area contributed by atoms with Gasteiger partial charge in [-0.15, -0.1) is 11.8 Å². The maximum Gasteiger partial charge on any atom is 0.125 e. The van der Waals surface area contributed by atoms with Crippen LogP contribution in [0.25, 0.3) is 11.1 Å². The molecule has 102 valence electrons. The third-order valence-corrected chi connectivity index (χ3v) is 5.04. The van der Waals surface area contributed by atoms with E-state index in [2.05, 4.69) is 42.9 Å². The summed E-state index contributed by atoms with van der Waals surface area (Å²) in [4.78, 5) is 4.37. The average Bonchev–Trinajstić information content (AvgIpc) is 2.48. The molecule has 0 radical (unpaired) electrons. The molecule has 0 N–H and O–H groups in total. The van der Waals surface area contributed by atoms with Crippen molar-refractivity contribution in [3.63, 3.8) is 0 Å². The number of halogens is 2. The molecule has 1 heterocycles. The number of nitrogens with zero attached hydrogens (tertiary/aromatic N) is 2. The Kier molecular flexibility index (Phi) is 5.08. The molecule has 2 rings (SSSR count). The van der Waals surface area contributed by atoms with E-state index < -0.39 is 0 Å². The number of methoxy groups -OCH3 is 1. The highest BCUT2D eigenvalue weighted by atomic mass is 79.9. The minimum Gasteiger partial charge on any atom is -0.497 e. The normalized spacial score (nSPS) is 10.2. The van der Waals surface area contributed by atoms with Gasteiger partial charge in [0.15, 0.2) is 0 Å². The molecule has 0 aliphatic carbocycles. The van der Waals surface area contributed by atoms with Gasteiger partial charge in [0.25, 0.3) is 0 Å². The van der Waals surface area contributed by atoms with E-state index in [9.17, 15) is 5.26 Å². The third-order valence-electron chi connectivity index (χ3n) is 2.75. The number of pyridine rings is 1. The molecule has 3 nitrogen and oxygen atoms in total. The standard InChI is InChI=1S/C14H10Br2N2OS/c1-19-9-5-3-8(4-6-9)11-10(7-17)13(16)18-14(20-2)12(11)15/h3-6H,1-2H3. The molecule has 0 amide bonds. The van der Waals surface area contributed by atoms with Crippen LogP contribution in [-0.2, 0) is 0 Å². The molecule has 0 fully saturated rings. The minimum atomic E-state index is 0.514. The summed E-state index contributed by atoms with van der Waals surface area (Å²) in [6.45, 7) is 0. The highest BCUT2D eigenvalue weighted by Crippen LogP contribution is 2.39. The Morgan fingerprint density at radius 3 is 2.40 bits per heavy atom. The van der Waals surface area contributed by atoms with Gasteiger partial charge in [0, 0.05) is 5.56 Å². The first kappa shape index (κ1) is 15.4. The maximum absolute atomic E-state index is 9.38. The monoisotopic (exact) mass is 412 g/mol. The summed E-state index contributed by atoms with van der Waals surface area (Å²) >= 11 is 8.44. The van der Waals surface area contributed by atoms with Gasteiger partial charge in [-0.2, -0.15) is 5.26 Å². The SMILES string of the molecule is COc1ccc(-c2c(Br)c(SC)nc(Br)c2C#N)cc1. The number of rotatable bonds is 3. The molecular weight excluding hydrogens is 404 g/mol. The molecule has 1 aromatic carbocycles. The maximum atomic E-state index is 9.38. The van der Waals surface area contributed by atoms with Crippen LogP contribution in [0.2, 0.25) is 0 Å². The van der Waals surface area contributed by atoms with E-state index in [1.54, 1.807) is 7.11 Å². The molecule has 2 aromatic rings. The fraction of sp³-hybridized carbons (Fsp3) is 0.143. The molecular formula is C14H10Br2N2OS. The van der Waals surface area contributed by atoms with Crippen LogP contribution in [0.3, 0.4) is 0 Å². The molecule has 1 aromatic heterocycles. The summed E-state index contributed by atoms with van der Waals surface area (Å²) in [7, 11) is 1.63. The summed E-state index contributed by atoms with van der Waals surface area (Å²) in [5.74, 6) is 0.779. The molecule has 0 aliphatic rings. The van der Waals surface area contributed by atoms with E-state index >= 15 is 0 Å². The van der Waals surface area contributed by atoms with Crippen LogP contribution >= 0.6 is 43.6 Å². The van der Waals surface area contributed by atoms with Gasteiger partial charge in [-0.05, 0) is 55.8 Å². The number of ether oxygens (including phenoxy) is 1. The predicted molar refractivity (Wildman–Crippen MR) is 88.1 cm³/mol. The minimum absolute atomic E-state index is 0.514. The lowest BCUT2D eigenvalue weighted by Crippen LogP contribution is -1.95. The summed E-state index contributed by atoms with van der Waals surface area (Å²) in [6, 6.07) is 9.80. The number of hydrogen-bond acceptors (Lipinski definition) is 4. The van der Waals surface area contributed by atoms with Gasteiger partial charge >= 0.3 is 0 Å². The van der Waals surface area contributed by atoms with E-state index in [-0.39, 0.29) is 0 Å². The first-order valence-corrected chi connectivity index (χ1v) is 8.41. The highest BCUT2D eigenvalue weighted by Gasteiger charge is 2.18. The zero-order valence-electron chi connectivity index (χ0n) is 10.8. The van der Waals surface area contributed by atoms with Crippen molar-refractivity contribution in [2.75, 3.05) is 13.4 Å². The fourth-order valence-corrected chi connectivity index (χ4v) is 3.83. The smallest absolute Gasteiger partial charge is 0.125 e. The molecule has 6 heteroatoms. The van der Waals surface area contributed by atoms with Crippen LogP contribution in [0.15, 0.2) is 38.4 Å². The van der Waals surface area contributed by atoms with Crippen molar-refractivity contribution in [3.05, 3.63) is 38.9 Å². The Morgan fingerprint density at radius 1 is 1.25 bits per heavy atom. The van der Waals surface area contributed by atoms with Gasteiger partial charge in [0.05, 0.1) is 17.1 Å². The van der Waals surface area contributed by atoms with Crippen molar-refractivity contribution in [1.82, 2.24) is 4.98 Å². The lowest BCUT2D eigenvalue weighted by molar-refractivity contribution is 0.415. The van der Waals surface area contributed by atoms with Crippen LogP contribution < -0.4 is 4.74 Å². The van der Waals surface area contributed by atoms with E-state index in [0.29, 0.717) is 10.2 Å².